The van der Waals surface area contributed by atoms with Crippen molar-refractivity contribution >= 4 is 5.91 Å². The van der Waals surface area contributed by atoms with Crippen LogP contribution in [0.25, 0.3) is 0 Å². The smallest absolute Gasteiger partial charge is 0.252 e. The highest BCUT2D eigenvalue weighted by Gasteiger charge is 2.34. The van der Waals surface area contributed by atoms with Crippen LogP contribution in [0.5, 0.6) is 5.75 Å². The maximum absolute atomic E-state index is 12.6. The van der Waals surface area contributed by atoms with Crippen molar-refractivity contribution in [3.8, 4) is 5.75 Å². The molecule has 1 aliphatic rings. The van der Waals surface area contributed by atoms with Crippen molar-refractivity contribution in [1.82, 2.24) is 10.2 Å². The second-order valence-corrected chi connectivity index (χ2v) is 8.22. The van der Waals surface area contributed by atoms with Crippen molar-refractivity contribution < 1.29 is 19.4 Å². The number of methoxy groups -OCH3 is 1. The number of ether oxygens (including phenoxy) is 2. The Kier molecular flexibility index (Phi) is 8.88. The lowest BCUT2D eigenvalue weighted by Gasteiger charge is -2.33. The average Bonchev–Trinajstić information content (AvgIpc) is 2.81. The van der Waals surface area contributed by atoms with E-state index in [1.165, 1.54) is 5.56 Å². The molecule has 0 aliphatic carbocycles. The van der Waals surface area contributed by atoms with Gasteiger partial charge in [0.1, 0.15) is 5.75 Å². The second kappa shape index (κ2) is 11.8. The summed E-state index contributed by atoms with van der Waals surface area (Å²) in [6, 6.07) is 18.0. The third-order valence-electron chi connectivity index (χ3n) is 5.81. The molecule has 1 saturated heterocycles. The largest absolute Gasteiger partial charge is 0.497 e. The van der Waals surface area contributed by atoms with E-state index in [0.29, 0.717) is 13.0 Å². The summed E-state index contributed by atoms with van der Waals surface area (Å²) in [4.78, 5) is 14.9. The molecule has 2 aromatic rings. The predicted molar refractivity (Wildman–Crippen MR) is 121 cm³/mol. The van der Waals surface area contributed by atoms with E-state index in [2.05, 4.69) is 41.5 Å². The summed E-state index contributed by atoms with van der Waals surface area (Å²) >= 11 is 0. The number of amides is 1. The van der Waals surface area contributed by atoms with Crippen LogP contribution in [0, 0.1) is 0 Å². The van der Waals surface area contributed by atoms with E-state index < -0.39 is 12.2 Å². The number of nitrogens with zero attached hydrogens (tertiary/aromatic N) is 1. The van der Waals surface area contributed by atoms with E-state index in [0.717, 1.165) is 43.7 Å². The van der Waals surface area contributed by atoms with E-state index in [1.54, 1.807) is 7.11 Å². The van der Waals surface area contributed by atoms with Crippen molar-refractivity contribution in [2.24, 2.45) is 0 Å². The summed E-state index contributed by atoms with van der Waals surface area (Å²) in [5.41, 5.74) is 2.30. The topological polar surface area (TPSA) is 71.0 Å². The zero-order chi connectivity index (χ0) is 22.1. The molecule has 0 bridgehead atoms. The lowest BCUT2D eigenvalue weighted by atomic mass is 9.98. The number of rotatable bonds is 10. The molecule has 1 amide bonds. The molecule has 0 spiro atoms. The Morgan fingerprint density at radius 1 is 1.10 bits per heavy atom. The van der Waals surface area contributed by atoms with Gasteiger partial charge in [-0.1, -0.05) is 42.5 Å². The van der Waals surface area contributed by atoms with Gasteiger partial charge in [0.15, 0.2) is 6.10 Å². The number of aliphatic hydroxyl groups excluding tert-OH is 1. The molecule has 0 unspecified atom stereocenters. The van der Waals surface area contributed by atoms with Crippen molar-refractivity contribution in [3.63, 3.8) is 0 Å². The Morgan fingerprint density at radius 3 is 2.55 bits per heavy atom. The zero-order valence-electron chi connectivity index (χ0n) is 18.5. The zero-order valence-corrected chi connectivity index (χ0v) is 18.5. The first-order valence-electron chi connectivity index (χ1n) is 11.0. The minimum Gasteiger partial charge on any atom is -0.497 e. The summed E-state index contributed by atoms with van der Waals surface area (Å²) in [7, 11) is 3.73. The molecule has 1 fully saturated rings. The van der Waals surface area contributed by atoms with Crippen LogP contribution >= 0.6 is 0 Å². The minimum atomic E-state index is -0.813. The summed E-state index contributed by atoms with van der Waals surface area (Å²) in [5.74, 6) is 0.517. The molecule has 0 radical (unpaired) electrons. The summed E-state index contributed by atoms with van der Waals surface area (Å²) in [6.45, 7) is 2.27. The standard InChI is InChI=1S/C25H34N2O4/c1-27(16-14-19-6-4-3-5-7-19)17-15-22-12-13-23(28)24(31-22)25(29)26-18-20-8-10-21(30-2)11-9-20/h3-11,22-24,28H,12-18H2,1-2H3,(H,26,29)/t22-,23+,24+/m1/s1. The van der Waals surface area contributed by atoms with E-state index in [-0.39, 0.29) is 12.0 Å². The van der Waals surface area contributed by atoms with Gasteiger partial charge in [0.2, 0.25) is 0 Å². The van der Waals surface area contributed by atoms with Crippen LogP contribution in [0.4, 0.5) is 0 Å². The SMILES string of the molecule is COc1ccc(CNC(=O)[C@H]2O[C@@H](CCN(C)CCc3ccccc3)CC[C@@H]2O)cc1. The summed E-state index contributed by atoms with van der Waals surface area (Å²) in [6.07, 6.45) is 1.63. The first kappa shape index (κ1) is 23.3. The maximum Gasteiger partial charge on any atom is 0.252 e. The van der Waals surface area contributed by atoms with Gasteiger partial charge in [0.25, 0.3) is 5.91 Å². The first-order chi connectivity index (χ1) is 15.0. The third-order valence-corrected chi connectivity index (χ3v) is 5.81. The molecular formula is C25H34N2O4. The van der Waals surface area contributed by atoms with Crippen LogP contribution in [0.2, 0.25) is 0 Å². The van der Waals surface area contributed by atoms with Gasteiger partial charge in [-0.2, -0.15) is 0 Å². The number of carbonyl (C=O) groups is 1. The van der Waals surface area contributed by atoms with Crippen molar-refractivity contribution in [2.45, 2.75) is 50.5 Å². The molecule has 2 N–H and O–H groups in total. The monoisotopic (exact) mass is 426 g/mol. The van der Waals surface area contributed by atoms with Crippen LogP contribution in [0.1, 0.15) is 30.4 Å². The van der Waals surface area contributed by atoms with Gasteiger partial charge in [-0.3, -0.25) is 4.79 Å². The van der Waals surface area contributed by atoms with E-state index in [1.807, 2.05) is 30.3 Å². The number of nitrogens with one attached hydrogen (secondary N) is 1. The van der Waals surface area contributed by atoms with E-state index in [9.17, 15) is 9.90 Å². The van der Waals surface area contributed by atoms with E-state index >= 15 is 0 Å². The number of benzene rings is 2. The second-order valence-electron chi connectivity index (χ2n) is 8.22. The van der Waals surface area contributed by atoms with Gasteiger partial charge in [-0.15, -0.1) is 0 Å². The van der Waals surface area contributed by atoms with Crippen LogP contribution in [0.15, 0.2) is 54.6 Å². The average molecular weight is 427 g/mol. The van der Waals surface area contributed by atoms with Crippen LogP contribution in [0.3, 0.4) is 0 Å². The van der Waals surface area contributed by atoms with Gasteiger partial charge in [0.05, 0.1) is 19.3 Å². The Labute approximate surface area is 185 Å². The molecule has 31 heavy (non-hydrogen) atoms. The highest BCUT2D eigenvalue weighted by molar-refractivity contribution is 5.81. The molecule has 2 aromatic carbocycles. The normalized spacial score (nSPS) is 21.1. The quantitative estimate of drug-likeness (QED) is 0.611. The highest BCUT2D eigenvalue weighted by atomic mass is 16.5. The van der Waals surface area contributed by atoms with Crippen LogP contribution in [-0.4, -0.2) is 61.5 Å². The van der Waals surface area contributed by atoms with Crippen LogP contribution in [-0.2, 0) is 22.5 Å². The third kappa shape index (κ3) is 7.35. The van der Waals surface area contributed by atoms with Gasteiger partial charge in [-0.05, 0) is 56.0 Å². The molecule has 0 aromatic heterocycles. The minimum absolute atomic E-state index is 0.0145. The number of aliphatic hydroxyl groups is 1. The fourth-order valence-corrected chi connectivity index (χ4v) is 3.80. The lowest BCUT2D eigenvalue weighted by Crippen LogP contribution is -2.49. The molecular weight excluding hydrogens is 392 g/mol. The van der Waals surface area contributed by atoms with Crippen molar-refractivity contribution in [1.29, 1.82) is 0 Å². The Hall–Kier alpha value is -2.41. The lowest BCUT2D eigenvalue weighted by molar-refractivity contribution is -0.158. The molecule has 0 saturated carbocycles. The molecule has 3 atom stereocenters. The van der Waals surface area contributed by atoms with Gasteiger partial charge in [0, 0.05) is 19.6 Å². The highest BCUT2D eigenvalue weighted by Crippen LogP contribution is 2.22. The van der Waals surface area contributed by atoms with Gasteiger partial charge >= 0.3 is 0 Å². The maximum atomic E-state index is 12.6. The van der Waals surface area contributed by atoms with Crippen LogP contribution < -0.4 is 10.1 Å². The molecule has 6 nitrogen and oxygen atoms in total. The number of hydrogen-bond donors (Lipinski definition) is 2. The fourth-order valence-electron chi connectivity index (χ4n) is 3.80. The Morgan fingerprint density at radius 2 is 1.84 bits per heavy atom. The molecule has 1 heterocycles. The first-order valence-corrected chi connectivity index (χ1v) is 11.0. The van der Waals surface area contributed by atoms with Gasteiger partial charge < -0.3 is 24.8 Å². The molecule has 168 valence electrons. The Bertz CT molecular complexity index is 797. The van der Waals surface area contributed by atoms with Gasteiger partial charge in [-0.25, -0.2) is 0 Å². The van der Waals surface area contributed by atoms with Crippen molar-refractivity contribution in [3.05, 3.63) is 65.7 Å². The number of likely N-dealkylation sites (N-methyl/N-ethyl adjacent to an activating group) is 1. The number of hydrogen-bond acceptors (Lipinski definition) is 5. The van der Waals surface area contributed by atoms with E-state index in [4.69, 9.17) is 9.47 Å². The summed E-state index contributed by atoms with van der Waals surface area (Å²) in [5, 5.41) is 13.2. The number of carbonyl (C=O) groups excluding carboxylic acids is 1. The summed E-state index contributed by atoms with van der Waals surface area (Å²) < 4.78 is 11.1. The molecule has 1 aliphatic heterocycles. The van der Waals surface area contributed by atoms with Crippen molar-refractivity contribution in [2.75, 3.05) is 27.2 Å². The molecule has 3 rings (SSSR count). The molecule has 6 heteroatoms. The predicted octanol–water partition coefficient (Wildman–Crippen LogP) is 2.78. The Balaban J connectivity index is 1.41. The fraction of sp³-hybridized carbons (Fsp3) is 0.480.